The van der Waals surface area contributed by atoms with Crippen LogP contribution in [0.25, 0.3) is 0 Å². The number of aryl methyl sites for hydroxylation is 3. The number of primary amides is 1. The third kappa shape index (κ3) is 5.22. The number of nitrogens with two attached hydrogens (primary N) is 1. The molecule has 0 aliphatic rings. The zero-order valence-corrected chi connectivity index (χ0v) is 17.2. The maximum absolute atomic E-state index is 12.8. The van der Waals surface area contributed by atoms with Crippen LogP contribution in [0.1, 0.15) is 34.0 Å². The average Bonchev–Trinajstić information content (AvgIpc) is 2.50. The second kappa shape index (κ2) is 8.29. The largest absolute Gasteiger partial charge is 0.491 e. The van der Waals surface area contributed by atoms with Crippen LogP contribution in [-0.4, -0.2) is 27.0 Å². The average molecular weight is 411 g/mol. The highest BCUT2D eigenvalue weighted by atomic mass is 35.5. The van der Waals surface area contributed by atoms with Gasteiger partial charge in [-0.1, -0.05) is 29.3 Å². The maximum Gasteiger partial charge on any atom is 0.252 e. The Morgan fingerprint density at radius 1 is 1.19 bits per heavy atom. The number of amides is 1. The SMILES string of the molecule is Cc1cc(C)c(S(=O)(=O)NC(C)COc2cc(Cl)ccc2C(N)=O)c(C)c1. The van der Waals surface area contributed by atoms with Gasteiger partial charge in [0.1, 0.15) is 12.4 Å². The molecule has 2 aromatic rings. The van der Waals surface area contributed by atoms with Crippen LogP contribution in [0, 0.1) is 20.8 Å². The highest BCUT2D eigenvalue weighted by Crippen LogP contribution is 2.24. The lowest BCUT2D eigenvalue weighted by Crippen LogP contribution is -2.37. The van der Waals surface area contributed by atoms with E-state index in [0.29, 0.717) is 16.1 Å². The molecule has 1 atom stereocenters. The van der Waals surface area contributed by atoms with E-state index in [2.05, 4.69) is 4.72 Å². The van der Waals surface area contributed by atoms with Gasteiger partial charge in [-0.25, -0.2) is 13.1 Å². The number of rotatable bonds is 7. The first-order chi connectivity index (χ1) is 12.5. The summed E-state index contributed by atoms with van der Waals surface area (Å²) >= 11 is 5.93. The predicted molar refractivity (Wildman–Crippen MR) is 106 cm³/mol. The summed E-state index contributed by atoms with van der Waals surface area (Å²) < 4.78 is 33.7. The third-order valence-electron chi connectivity index (χ3n) is 3.93. The molecule has 0 aliphatic carbocycles. The number of carbonyl (C=O) groups is 1. The van der Waals surface area contributed by atoms with Gasteiger partial charge in [-0.3, -0.25) is 4.79 Å². The van der Waals surface area contributed by atoms with Crippen molar-refractivity contribution in [1.29, 1.82) is 0 Å². The van der Waals surface area contributed by atoms with Gasteiger partial charge in [-0.15, -0.1) is 0 Å². The molecule has 2 aromatic carbocycles. The molecule has 0 saturated carbocycles. The number of halogens is 1. The van der Waals surface area contributed by atoms with Crippen molar-refractivity contribution in [3.8, 4) is 5.75 Å². The molecule has 0 aliphatic heterocycles. The van der Waals surface area contributed by atoms with Gasteiger partial charge in [-0.2, -0.15) is 0 Å². The van der Waals surface area contributed by atoms with E-state index in [0.717, 1.165) is 5.56 Å². The molecule has 0 aromatic heterocycles. The van der Waals surface area contributed by atoms with Gasteiger partial charge in [0.05, 0.1) is 16.5 Å². The number of hydrogen-bond donors (Lipinski definition) is 2. The fraction of sp³-hybridized carbons (Fsp3) is 0.316. The number of sulfonamides is 1. The normalized spacial score (nSPS) is 12.6. The van der Waals surface area contributed by atoms with E-state index < -0.39 is 22.0 Å². The van der Waals surface area contributed by atoms with E-state index in [1.54, 1.807) is 20.8 Å². The van der Waals surface area contributed by atoms with Gasteiger partial charge in [-0.05, 0) is 57.0 Å². The highest BCUT2D eigenvalue weighted by molar-refractivity contribution is 7.89. The lowest BCUT2D eigenvalue weighted by atomic mass is 10.1. The zero-order valence-electron chi connectivity index (χ0n) is 15.7. The van der Waals surface area contributed by atoms with Gasteiger partial charge in [0.2, 0.25) is 10.0 Å². The third-order valence-corrected chi connectivity index (χ3v) is 6.06. The molecule has 0 saturated heterocycles. The summed E-state index contributed by atoms with van der Waals surface area (Å²) in [5, 5.41) is 0.383. The van der Waals surface area contributed by atoms with Gasteiger partial charge >= 0.3 is 0 Å². The second-order valence-corrected chi connectivity index (χ2v) is 8.65. The van der Waals surface area contributed by atoms with Crippen molar-refractivity contribution in [3.05, 3.63) is 57.6 Å². The van der Waals surface area contributed by atoms with Crippen LogP contribution >= 0.6 is 11.6 Å². The Morgan fingerprint density at radius 2 is 1.78 bits per heavy atom. The van der Waals surface area contributed by atoms with Gasteiger partial charge in [0.15, 0.2) is 0 Å². The number of carbonyl (C=O) groups excluding carboxylic acids is 1. The van der Waals surface area contributed by atoms with Crippen molar-refractivity contribution in [2.75, 3.05) is 6.61 Å². The van der Waals surface area contributed by atoms with Crippen LogP contribution in [0.5, 0.6) is 5.75 Å². The fourth-order valence-corrected chi connectivity index (χ4v) is 4.83. The maximum atomic E-state index is 12.8. The molecule has 27 heavy (non-hydrogen) atoms. The molecular formula is C19H23ClN2O4S. The molecule has 0 heterocycles. The number of nitrogens with one attached hydrogen (secondary N) is 1. The quantitative estimate of drug-likeness (QED) is 0.732. The van der Waals surface area contributed by atoms with Crippen molar-refractivity contribution in [1.82, 2.24) is 4.72 Å². The molecule has 0 bridgehead atoms. The monoisotopic (exact) mass is 410 g/mol. The van der Waals surface area contributed by atoms with E-state index in [4.69, 9.17) is 22.1 Å². The predicted octanol–water partition coefficient (Wildman–Crippen LogP) is 3.11. The van der Waals surface area contributed by atoms with E-state index in [1.807, 2.05) is 19.1 Å². The molecule has 8 heteroatoms. The van der Waals surface area contributed by atoms with Gasteiger partial charge in [0, 0.05) is 5.02 Å². The van der Waals surface area contributed by atoms with E-state index in [1.165, 1.54) is 18.2 Å². The molecule has 3 N–H and O–H groups in total. The number of hydrogen-bond acceptors (Lipinski definition) is 4. The molecule has 6 nitrogen and oxygen atoms in total. The summed E-state index contributed by atoms with van der Waals surface area (Å²) in [4.78, 5) is 11.7. The van der Waals surface area contributed by atoms with E-state index in [-0.39, 0.29) is 22.8 Å². The zero-order chi connectivity index (χ0) is 20.4. The van der Waals surface area contributed by atoms with Crippen LogP contribution < -0.4 is 15.2 Å². The fourth-order valence-electron chi connectivity index (χ4n) is 2.98. The topological polar surface area (TPSA) is 98.5 Å². The van der Waals surface area contributed by atoms with Gasteiger partial charge < -0.3 is 10.5 Å². The van der Waals surface area contributed by atoms with Crippen LogP contribution in [0.4, 0.5) is 0 Å². The molecule has 0 radical (unpaired) electrons. The summed E-state index contributed by atoms with van der Waals surface area (Å²) in [7, 11) is -3.72. The highest BCUT2D eigenvalue weighted by Gasteiger charge is 2.22. The van der Waals surface area contributed by atoms with Crippen LogP contribution in [0.2, 0.25) is 5.02 Å². The summed E-state index contributed by atoms with van der Waals surface area (Å²) in [6.45, 7) is 7.12. The minimum absolute atomic E-state index is 0.00378. The first-order valence-electron chi connectivity index (χ1n) is 8.33. The van der Waals surface area contributed by atoms with E-state index >= 15 is 0 Å². The van der Waals surface area contributed by atoms with Crippen LogP contribution in [0.15, 0.2) is 35.2 Å². The van der Waals surface area contributed by atoms with E-state index in [9.17, 15) is 13.2 Å². The summed E-state index contributed by atoms with van der Waals surface area (Å²) in [6.07, 6.45) is 0. The minimum Gasteiger partial charge on any atom is -0.491 e. The Bertz CT molecular complexity index is 951. The molecular weight excluding hydrogens is 388 g/mol. The molecule has 1 unspecified atom stereocenters. The Hall–Kier alpha value is -2.09. The molecule has 0 spiro atoms. The second-order valence-electron chi connectivity index (χ2n) is 6.57. The Balaban J connectivity index is 2.16. The van der Waals surface area contributed by atoms with Crippen molar-refractivity contribution in [3.63, 3.8) is 0 Å². The number of ether oxygens (including phenoxy) is 1. The summed E-state index contributed by atoms with van der Waals surface area (Å²) in [5.74, 6) is -0.440. The molecule has 146 valence electrons. The smallest absolute Gasteiger partial charge is 0.252 e. The van der Waals surface area contributed by atoms with Crippen molar-refractivity contribution >= 4 is 27.5 Å². The Labute approximate surface area is 164 Å². The molecule has 1 amide bonds. The van der Waals surface area contributed by atoms with Crippen molar-refractivity contribution in [2.24, 2.45) is 5.73 Å². The molecule has 2 rings (SSSR count). The summed E-state index contributed by atoms with van der Waals surface area (Å²) in [5.41, 5.74) is 7.86. The first-order valence-corrected chi connectivity index (χ1v) is 10.2. The standard InChI is InChI=1S/C19H23ClN2O4S/c1-11-7-12(2)18(13(3)8-11)27(24,25)22-14(4)10-26-17-9-15(20)5-6-16(17)19(21)23/h5-9,14,22H,10H2,1-4H3,(H2,21,23). The first kappa shape index (κ1) is 21.2. The molecule has 0 fully saturated rings. The van der Waals surface area contributed by atoms with Crippen LogP contribution in [-0.2, 0) is 10.0 Å². The van der Waals surface area contributed by atoms with Gasteiger partial charge in [0.25, 0.3) is 5.91 Å². The number of benzene rings is 2. The lowest BCUT2D eigenvalue weighted by Gasteiger charge is -2.18. The van der Waals surface area contributed by atoms with Crippen molar-refractivity contribution in [2.45, 2.75) is 38.6 Å². The van der Waals surface area contributed by atoms with Crippen molar-refractivity contribution < 1.29 is 17.9 Å². The Morgan fingerprint density at radius 3 is 2.33 bits per heavy atom. The summed E-state index contributed by atoms with van der Waals surface area (Å²) in [6, 6.07) is 7.57. The van der Waals surface area contributed by atoms with Crippen LogP contribution in [0.3, 0.4) is 0 Å². The lowest BCUT2D eigenvalue weighted by molar-refractivity contribution is 0.0996. The minimum atomic E-state index is -3.72. The Kier molecular flexibility index (Phi) is 6.51.